The summed E-state index contributed by atoms with van der Waals surface area (Å²) in [5.41, 5.74) is -0.470. The number of hydrogen-bond acceptors (Lipinski definition) is 2. The zero-order valence-corrected chi connectivity index (χ0v) is 9.19. The minimum atomic E-state index is -2.49. The van der Waals surface area contributed by atoms with Crippen LogP contribution in [0.25, 0.3) is 0 Å². The van der Waals surface area contributed by atoms with Crippen LogP contribution in [0.4, 0.5) is 0 Å². The van der Waals surface area contributed by atoms with Crippen LogP contribution in [0.5, 0.6) is 0 Å². The first-order chi connectivity index (χ1) is 5.10. The van der Waals surface area contributed by atoms with E-state index in [1.807, 2.05) is 13.8 Å². The molecule has 0 saturated heterocycles. The summed E-state index contributed by atoms with van der Waals surface area (Å²) in [6.45, 7) is 3.87. The highest BCUT2D eigenvalue weighted by Gasteiger charge is 2.36. The molecule has 0 aliphatic carbocycles. The monoisotopic (exact) mass is 243 g/mol. The van der Waals surface area contributed by atoms with Crippen LogP contribution in [0.15, 0.2) is 0 Å². The van der Waals surface area contributed by atoms with Crippen molar-refractivity contribution >= 4 is 24.2 Å². The Kier molecular flexibility index (Phi) is 5.44. The predicted molar refractivity (Wildman–Crippen MR) is 48.0 cm³/mol. The molecule has 1 N–H and O–H groups in total. The molecule has 1 atom stereocenters. The molecule has 66 valence electrons. The molecule has 5 heteroatoms. The average Bonchev–Trinajstić information content (AvgIpc) is 2.00. The Labute approximate surface area is 76.2 Å². The summed E-state index contributed by atoms with van der Waals surface area (Å²) < 4.78 is 15.3. The standard InChI is InChI=1S/C6H12BrO3P/c1-3-6(4-2,5-7)10-11(8)9/h3-5H2,1-2H3/p+1. The van der Waals surface area contributed by atoms with Crippen molar-refractivity contribution in [3.05, 3.63) is 0 Å². The topological polar surface area (TPSA) is 46.5 Å². The fourth-order valence-electron chi connectivity index (χ4n) is 0.758. The summed E-state index contributed by atoms with van der Waals surface area (Å²) in [5, 5.41) is 0.592. The van der Waals surface area contributed by atoms with Crippen LogP contribution in [0.1, 0.15) is 26.7 Å². The van der Waals surface area contributed by atoms with Crippen molar-refractivity contribution in [3.8, 4) is 0 Å². The Morgan fingerprint density at radius 1 is 1.55 bits per heavy atom. The van der Waals surface area contributed by atoms with E-state index in [2.05, 4.69) is 15.9 Å². The summed E-state index contributed by atoms with van der Waals surface area (Å²) in [6.07, 6.45) is 1.47. The molecule has 0 aromatic heterocycles. The van der Waals surface area contributed by atoms with Crippen molar-refractivity contribution < 1.29 is 14.0 Å². The highest BCUT2D eigenvalue weighted by atomic mass is 79.9. The maximum atomic E-state index is 10.4. The van der Waals surface area contributed by atoms with Crippen LogP contribution in [-0.4, -0.2) is 15.8 Å². The molecular formula is C6H13BrO3P+. The third-order valence-electron chi connectivity index (χ3n) is 1.80. The summed E-state index contributed by atoms with van der Waals surface area (Å²) in [4.78, 5) is 8.55. The zero-order chi connectivity index (χ0) is 8.91. The Balaban J connectivity index is 4.16. The van der Waals surface area contributed by atoms with Gasteiger partial charge in [0.25, 0.3) is 0 Å². The van der Waals surface area contributed by atoms with Crippen molar-refractivity contribution in [1.29, 1.82) is 0 Å². The van der Waals surface area contributed by atoms with E-state index in [9.17, 15) is 4.57 Å². The van der Waals surface area contributed by atoms with Gasteiger partial charge in [0.2, 0.25) is 0 Å². The molecule has 0 aromatic rings. The lowest BCUT2D eigenvalue weighted by molar-refractivity contribution is 0.0819. The summed E-state index contributed by atoms with van der Waals surface area (Å²) >= 11 is 3.26. The Morgan fingerprint density at radius 2 is 2.00 bits per heavy atom. The minimum absolute atomic E-state index is 0.470. The molecule has 0 aliphatic rings. The second-order valence-corrected chi connectivity index (χ2v) is 3.57. The van der Waals surface area contributed by atoms with Gasteiger partial charge in [-0.05, 0) is 12.8 Å². The highest BCUT2D eigenvalue weighted by Crippen LogP contribution is 2.32. The molecule has 0 fully saturated rings. The lowest BCUT2D eigenvalue weighted by atomic mass is 10.0. The predicted octanol–water partition coefficient (Wildman–Crippen LogP) is 2.61. The molecule has 0 rings (SSSR count). The van der Waals surface area contributed by atoms with Gasteiger partial charge in [0.15, 0.2) is 0 Å². The smallest absolute Gasteiger partial charge is 0.133 e. The molecular weight excluding hydrogens is 231 g/mol. The Hall–Kier alpha value is 0.500. The Bertz CT molecular complexity index is 128. The quantitative estimate of drug-likeness (QED) is 0.597. The van der Waals surface area contributed by atoms with Gasteiger partial charge in [-0.1, -0.05) is 29.8 Å². The molecule has 11 heavy (non-hydrogen) atoms. The fraction of sp³-hybridized carbons (Fsp3) is 1.00. The van der Waals surface area contributed by atoms with Crippen LogP contribution in [-0.2, 0) is 9.09 Å². The van der Waals surface area contributed by atoms with Crippen LogP contribution in [0.2, 0.25) is 0 Å². The van der Waals surface area contributed by atoms with E-state index in [-0.39, 0.29) is 0 Å². The van der Waals surface area contributed by atoms with Gasteiger partial charge < -0.3 is 0 Å². The third kappa shape index (κ3) is 3.61. The van der Waals surface area contributed by atoms with Gasteiger partial charge in [-0.2, -0.15) is 0 Å². The molecule has 0 saturated carbocycles. The lowest BCUT2D eigenvalue weighted by Gasteiger charge is -2.20. The molecule has 0 spiro atoms. The summed E-state index contributed by atoms with van der Waals surface area (Å²) in [7, 11) is -2.49. The summed E-state index contributed by atoms with van der Waals surface area (Å²) in [6, 6.07) is 0. The van der Waals surface area contributed by atoms with Crippen molar-refractivity contribution in [2.45, 2.75) is 32.3 Å². The summed E-state index contributed by atoms with van der Waals surface area (Å²) in [5.74, 6) is 0. The molecule has 0 aliphatic heterocycles. The van der Waals surface area contributed by atoms with Gasteiger partial charge in [0.1, 0.15) is 5.60 Å². The van der Waals surface area contributed by atoms with E-state index >= 15 is 0 Å². The van der Waals surface area contributed by atoms with Crippen LogP contribution in [0.3, 0.4) is 0 Å². The maximum Gasteiger partial charge on any atom is 0.695 e. The van der Waals surface area contributed by atoms with E-state index in [0.29, 0.717) is 5.33 Å². The SMILES string of the molecule is CCC(CC)(CBr)O[P+](=O)O. The second-order valence-electron chi connectivity index (χ2n) is 2.35. The molecule has 0 aromatic carbocycles. The molecule has 3 nitrogen and oxygen atoms in total. The van der Waals surface area contributed by atoms with Crippen molar-refractivity contribution in [2.24, 2.45) is 0 Å². The molecule has 1 unspecified atom stereocenters. The molecule has 0 bridgehead atoms. The number of rotatable bonds is 5. The molecule has 0 heterocycles. The largest absolute Gasteiger partial charge is 0.695 e. The Morgan fingerprint density at radius 3 is 2.09 bits per heavy atom. The van der Waals surface area contributed by atoms with Gasteiger partial charge in [-0.25, -0.2) is 0 Å². The van der Waals surface area contributed by atoms with Crippen molar-refractivity contribution in [3.63, 3.8) is 0 Å². The first kappa shape index (κ1) is 11.5. The van der Waals surface area contributed by atoms with E-state index < -0.39 is 13.9 Å². The van der Waals surface area contributed by atoms with E-state index in [4.69, 9.17) is 9.42 Å². The van der Waals surface area contributed by atoms with Gasteiger partial charge >= 0.3 is 8.25 Å². The molecule has 0 amide bonds. The first-order valence-electron chi connectivity index (χ1n) is 3.51. The maximum absolute atomic E-state index is 10.4. The van der Waals surface area contributed by atoms with Crippen LogP contribution in [0, 0.1) is 0 Å². The van der Waals surface area contributed by atoms with E-state index in [1.165, 1.54) is 0 Å². The average molecular weight is 244 g/mol. The van der Waals surface area contributed by atoms with Gasteiger partial charge in [-0.15, -0.1) is 9.42 Å². The number of hydrogen-bond donors (Lipinski definition) is 1. The van der Waals surface area contributed by atoms with Crippen LogP contribution >= 0.6 is 24.2 Å². The first-order valence-corrected chi connectivity index (χ1v) is 5.76. The highest BCUT2D eigenvalue weighted by molar-refractivity contribution is 9.09. The normalized spacial score (nSPS) is 13.3. The third-order valence-corrected chi connectivity index (χ3v) is 3.37. The lowest BCUT2D eigenvalue weighted by Crippen LogP contribution is -2.30. The van der Waals surface area contributed by atoms with Crippen molar-refractivity contribution in [2.75, 3.05) is 5.33 Å². The van der Waals surface area contributed by atoms with E-state index in [1.54, 1.807) is 0 Å². The van der Waals surface area contributed by atoms with Gasteiger partial charge in [0.05, 0.1) is 0 Å². The second kappa shape index (κ2) is 5.20. The minimum Gasteiger partial charge on any atom is -0.133 e. The number of halogens is 1. The molecule has 0 radical (unpaired) electrons. The van der Waals surface area contributed by atoms with Gasteiger partial charge in [0, 0.05) is 9.90 Å². The zero-order valence-electron chi connectivity index (χ0n) is 6.71. The van der Waals surface area contributed by atoms with E-state index in [0.717, 1.165) is 12.8 Å². The fourth-order valence-corrected chi connectivity index (χ4v) is 2.50. The van der Waals surface area contributed by atoms with Gasteiger partial charge in [-0.3, -0.25) is 0 Å². The van der Waals surface area contributed by atoms with Crippen molar-refractivity contribution in [1.82, 2.24) is 0 Å². The number of alkyl halides is 1. The van der Waals surface area contributed by atoms with Crippen LogP contribution < -0.4 is 0 Å².